The maximum atomic E-state index is 13.6. The van der Waals surface area contributed by atoms with E-state index in [2.05, 4.69) is 27.8 Å². The molecule has 1 aliphatic rings. The monoisotopic (exact) mass is 416 g/mol. The predicted octanol–water partition coefficient (Wildman–Crippen LogP) is 3.50. The number of fused-ring (bicyclic) bond motifs is 1. The minimum absolute atomic E-state index is 0. The standard InChI is InChI=1S/C19H22F2N2O2S.ClH/c20-17-7-8-19(18(21)13-17)26(24,25)22-10-3-4-11-23-12-9-15-5-1-2-6-16(15)14-23;/h1-2,5-8,13,22H,3-4,9-12,14H2;1H. The van der Waals surface area contributed by atoms with Crippen molar-refractivity contribution in [2.45, 2.75) is 30.7 Å². The van der Waals surface area contributed by atoms with E-state index in [-0.39, 0.29) is 19.0 Å². The Bertz CT molecular complexity index is 878. The van der Waals surface area contributed by atoms with Gasteiger partial charge in [0.05, 0.1) is 0 Å². The molecule has 1 aliphatic heterocycles. The lowest BCUT2D eigenvalue weighted by Crippen LogP contribution is -2.32. The number of halogens is 3. The quantitative estimate of drug-likeness (QED) is 0.703. The summed E-state index contributed by atoms with van der Waals surface area (Å²) < 4.78 is 53.1. The normalized spacial score (nSPS) is 14.4. The number of unbranched alkanes of at least 4 members (excludes halogenated alkanes) is 1. The van der Waals surface area contributed by atoms with Crippen LogP contribution < -0.4 is 4.72 Å². The van der Waals surface area contributed by atoms with Crippen molar-refractivity contribution in [1.82, 2.24) is 9.62 Å². The molecule has 1 heterocycles. The Morgan fingerprint density at radius 2 is 1.78 bits per heavy atom. The number of hydrogen-bond acceptors (Lipinski definition) is 3. The minimum atomic E-state index is -3.96. The van der Waals surface area contributed by atoms with Crippen LogP contribution in [0.1, 0.15) is 24.0 Å². The first-order valence-electron chi connectivity index (χ1n) is 8.69. The van der Waals surface area contributed by atoms with Crippen LogP contribution in [0.15, 0.2) is 47.4 Å². The highest BCUT2D eigenvalue weighted by atomic mass is 35.5. The molecule has 0 fully saturated rings. The van der Waals surface area contributed by atoms with Gasteiger partial charge in [-0.25, -0.2) is 21.9 Å². The van der Waals surface area contributed by atoms with Crippen LogP contribution >= 0.6 is 12.4 Å². The van der Waals surface area contributed by atoms with Crippen LogP contribution in [0, 0.1) is 11.6 Å². The molecule has 27 heavy (non-hydrogen) atoms. The van der Waals surface area contributed by atoms with Crippen molar-refractivity contribution >= 4 is 22.4 Å². The van der Waals surface area contributed by atoms with Crippen molar-refractivity contribution in [2.75, 3.05) is 19.6 Å². The molecule has 0 amide bonds. The third-order valence-corrected chi connectivity index (χ3v) is 6.08. The second-order valence-corrected chi connectivity index (χ2v) is 8.21. The van der Waals surface area contributed by atoms with E-state index in [1.165, 1.54) is 11.1 Å². The summed E-state index contributed by atoms with van der Waals surface area (Å²) >= 11 is 0. The summed E-state index contributed by atoms with van der Waals surface area (Å²) in [6.45, 7) is 3.04. The van der Waals surface area contributed by atoms with Gasteiger partial charge in [0.25, 0.3) is 0 Å². The Kier molecular flexibility index (Phi) is 7.73. The summed E-state index contributed by atoms with van der Waals surface area (Å²) in [4.78, 5) is 1.84. The van der Waals surface area contributed by atoms with Gasteiger partial charge in [-0.2, -0.15) is 0 Å². The Labute approximate surface area is 165 Å². The van der Waals surface area contributed by atoms with E-state index in [0.29, 0.717) is 12.5 Å². The molecular weight excluding hydrogens is 394 g/mol. The number of rotatable bonds is 7. The summed E-state index contributed by atoms with van der Waals surface area (Å²) in [5.74, 6) is -1.88. The van der Waals surface area contributed by atoms with Crippen LogP contribution in [0.3, 0.4) is 0 Å². The molecule has 0 unspecified atom stereocenters. The maximum Gasteiger partial charge on any atom is 0.243 e. The van der Waals surface area contributed by atoms with Gasteiger partial charge < -0.3 is 0 Å². The van der Waals surface area contributed by atoms with E-state index in [1.54, 1.807) is 0 Å². The lowest BCUT2D eigenvalue weighted by Gasteiger charge is -2.28. The minimum Gasteiger partial charge on any atom is -0.299 e. The van der Waals surface area contributed by atoms with Crippen molar-refractivity contribution in [2.24, 2.45) is 0 Å². The lowest BCUT2D eigenvalue weighted by atomic mass is 10.00. The fraction of sp³-hybridized carbons (Fsp3) is 0.368. The zero-order chi connectivity index (χ0) is 18.6. The maximum absolute atomic E-state index is 13.6. The molecule has 4 nitrogen and oxygen atoms in total. The van der Waals surface area contributed by atoms with Gasteiger partial charge in [0.2, 0.25) is 10.0 Å². The molecule has 0 saturated heterocycles. The summed E-state index contributed by atoms with van der Waals surface area (Å²) in [5, 5.41) is 0. The predicted molar refractivity (Wildman–Crippen MR) is 103 cm³/mol. The van der Waals surface area contributed by atoms with Crippen LogP contribution in [0.5, 0.6) is 0 Å². The van der Waals surface area contributed by atoms with Gasteiger partial charge in [-0.3, -0.25) is 4.90 Å². The van der Waals surface area contributed by atoms with Gasteiger partial charge in [0.1, 0.15) is 16.5 Å². The number of nitrogens with one attached hydrogen (secondary N) is 1. The molecule has 2 aromatic carbocycles. The van der Waals surface area contributed by atoms with Crippen LogP contribution in [0.4, 0.5) is 8.78 Å². The number of hydrogen-bond donors (Lipinski definition) is 1. The van der Waals surface area contributed by atoms with E-state index in [1.807, 2.05) is 6.07 Å². The molecule has 0 bridgehead atoms. The third-order valence-electron chi connectivity index (χ3n) is 4.59. The summed E-state index contributed by atoms with van der Waals surface area (Å²) in [7, 11) is -3.96. The molecule has 0 saturated carbocycles. The molecule has 0 atom stereocenters. The topological polar surface area (TPSA) is 49.4 Å². The van der Waals surface area contributed by atoms with E-state index in [9.17, 15) is 17.2 Å². The first-order chi connectivity index (χ1) is 12.5. The molecule has 0 spiro atoms. The first kappa shape index (κ1) is 21.8. The SMILES string of the molecule is Cl.O=S(=O)(NCCCCN1CCc2ccccc2C1)c1ccc(F)cc1F. The van der Waals surface area contributed by atoms with Gasteiger partial charge in [-0.05, 0) is 49.1 Å². The average molecular weight is 417 g/mol. The second kappa shape index (κ2) is 9.59. The smallest absolute Gasteiger partial charge is 0.243 e. The fourth-order valence-electron chi connectivity index (χ4n) is 3.18. The van der Waals surface area contributed by atoms with Gasteiger partial charge in [0.15, 0.2) is 0 Å². The molecule has 0 aromatic heterocycles. The Morgan fingerprint density at radius 3 is 2.52 bits per heavy atom. The second-order valence-electron chi connectivity index (χ2n) is 6.47. The highest BCUT2D eigenvalue weighted by Crippen LogP contribution is 2.19. The van der Waals surface area contributed by atoms with Crippen LogP contribution in [-0.4, -0.2) is 33.0 Å². The molecule has 0 aliphatic carbocycles. The highest BCUT2D eigenvalue weighted by molar-refractivity contribution is 7.89. The van der Waals surface area contributed by atoms with Crippen LogP contribution in [0.25, 0.3) is 0 Å². The Balaban J connectivity index is 0.00000261. The summed E-state index contributed by atoms with van der Waals surface area (Å²) in [5.41, 5.74) is 2.75. The van der Waals surface area contributed by atoms with Gasteiger partial charge in [0, 0.05) is 25.7 Å². The fourth-order valence-corrected chi connectivity index (χ4v) is 4.31. The molecule has 2 aromatic rings. The Morgan fingerprint density at radius 1 is 1.04 bits per heavy atom. The number of nitrogens with zero attached hydrogens (tertiary/aromatic N) is 1. The van der Waals surface area contributed by atoms with E-state index in [0.717, 1.165) is 44.6 Å². The van der Waals surface area contributed by atoms with Crippen molar-refractivity contribution in [3.8, 4) is 0 Å². The van der Waals surface area contributed by atoms with Gasteiger partial charge in [-0.15, -0.1) is 12.4 Å². The highest BCUT2D eigenvalue weighted by Gasteiger charge is 2.19. The molecule has 0 radical (unpaired) electrons. The number of sulfonamides is 1. The van der Waals surface area contributed by atoms with Crippen LogP contribution in [-0.2, 0) is 23.0 Å². The van der Waals surface area contributed by atoms with E-state index < -0.39 is 26.6 Å². The zero-order valence-corrected chi connectivity index (χ0v) is 16.5. The van der Waals surface area contributed by atoms with Gasteiger partial charge >= 0.3 is 0 Å². The van der Waals surface area contributed by atoms with E-state index >= 15 is 0 Å². The van der Waals surface area contributed by atoms with Gasteiger partial charge in [-0.1, -0.05) is 24.3 Å². The molecular formula is C19H23ClF2N2O2S. The molecule has 148 valence electrons. The van der Waals surface area contributed by atoms with Crippen LogP contribution in [0.2, 0.25) is 0 Å². The molecule has 3 rings (SSSR count). The Hall–Kier alpha value is -1.54. The average Bonchev–Trinajstić information content (AvgIpc) is 2.61. The summed E-state index contributed by atoms with van der Waals surface area (Å²) in [6, 6.07) is 10.9. The van der Waals surface area contributed by atoms with Crippen molar-refractivity contribution in [3.05, 3.63) is 65.2 Å². The summed E-state index contributed by atoms with van der Waals surface area (Å²) in [6.07, 6.45) is 2.53. The van der Waals surface area contributed by atoms with Crippen molar-refractivity contribution in [3.63, 3.8) is 0 Å². The first-order valence-corrected chi connectivity index (χ1v) is 10.2. The van der Waals surface area contributed by atoms with E-state index in [4.69, 9.17) is 0 Å². The number of benzene rings is 2. The molecule has 1 N–H and O–H groups in total. The van der Waals surface area contributed by atoms with Crippen molar-refractivity contribution in [1.29, 1.82) is 0 Å². The lowest BCUT2D eigenvalue weighted by molar-refractivity contribution is 0.249. The van der Waals surface area contributed by atoms with Crippen molar-refractivity contribution < 1.29 is 17.2 Å². The third kappa shape index (κ3) is 5.72. The molecule has 8 heteroatoms. The largest absolute Gasteiger partial charge is 0.299 e. The zero-order valence-electron chi connectivity index (χ0n) is 14.8.